The molecule has 5 nitrogen and oxygen atoms in total. The van der Waals surface area contributed by atoms with Gasteiger partial charge in [0.05, 0.1) is 6.10 Å². The average Bonchev–Trinajstić information content (AvgIpc) is 3.17. The Morgan fingerprint density at radius 1 is 1.15 bits per heavy atom. The molecule has 0 aliphatic heterocycles. The second-order valence-electron chi connectivity index (χ2n) is 6.32. The summed E-state index contributed by atoms with van der Waals surface area (Å²) in [5.41, 5.74) is 2.01. The van der Waals surface area contributed by atoms with Gasteiger partial charge in [-0.1, -0.05) is 25.1 Å². The second kappa shape index (κ2) is 8.56. The van der Waals surface area contributed by atoms with E-state index in [0.717, 1.165) is 12.0 Å². The number of ether oxygens (including phenoxy) is 1. The molecular weight excluding hydrogens is 342 g/mol. The summed E-state index contributed by atoms with van der Waals surface area (Å²) in [7, 11) is 0. The van der Waals surface area contributed by atoms with Crippen LogP contribution in [0.5, 0.6) is 5.75 Å². The Morgan fingerprint density at radius 3 is 2.70 bits per heavy atom. The van der Waals surface area contributed by atoms with Gasteiger partial charge in [0.25, 0.3) is 5.91 Å². The molecule has 2 aromatic carbocycles. The summed E-state index contributed by atoms with van der Waals surface area (Å²) in [6.07, 6.45) is 0.991. The highest BCUT2D eigenvalue weighted by molar-refractivity contribution is 6.04. The van der Waals surface area contributed by atoms with Crippen LogP contribution in [0.2, 0.25) is 0 Å². The third kappa shape index (κ3) is 4.77. The number of rotatable bonds is 7. The molecule has 1 amide bonds. The SMILES string of the molecule is CC[C@@H](C)Oc1cccc(C(=O)Nc2cccc(-c3ccc(CO)o3)c2)c1. The number of carbonyl (C=O) groups is 1. The molecule has 1 heterocycles. The highest BCUT2D eigenvalue weighted by Gasteiger charge is 2.10. The van der Waals surface area contributed by atoms with Crippen LogP contribution in [0.3, 0.4) is 0 Å². The van der Waals surface area contributed by atoms with Crippen LogP contribution in [0.15, 0.2) is 65.1 Å². The van der Waals surface area contributed by atoms with Gasteiger partial charge in [-0.15, -0.1) is 0 Å². The molecule has 27 heavy (non-hydrogen) atoms. The summed E-state index contributed by atoms with van der Waals surface area (Å²) in [6.45, 7) is 3.90. The number of aliphatic hydroxyl groups excluding tert-OH is 1. The Hall–Kier alpha value is -3.05. The summed E-state index contributed by atoms with van der Waals surface area (Å²) < 4.78 is 11.3. The monoisotopic (exact) mass is 365 g/mol. The zero-order valence-corrected chi connectivity index (χ0v) is 15.4. The Labute approximate surface area is 158 Å². The molecule has 3 aromatic rings. The third-order valence-electron chi connectivity index (χ3n) is 4.23. The number of aliphatic hydroxyl groups is 1. The molecule has 140 valence electrons. The van der Waals surface area contributed by atoms with E-state index in [1.807, 2.05) is 43.3 Å². The fraction of sp³-hybridized carbons (Fsp3) is 0.227. The van der Waals surface area contributed by atoms with Gasteiger partial charge in [-0.25, -0.2) is 0 Å². The molecule has 5 heteroatoms. The van der Waals surface area contributed by atoms with Gasteiger partial charge >= 0.3 is 0 Å². The van der Waals surface area contributed by atoms with Crippen molar-refractivity contribution in [2.45, 2.75) is 33.0 Å². The number of carbonyl (C=O) groups excluding carboxylic acids is 1. The maximum atomic E-state index is 12.6. The van der Waals surface area contributed by atoms with Crippen molar-refractivity contribution in [1.29, 1.82) is 0 Å². The number of hydrogen-bond donors (Lipinski definition) is 2. The van der Waals surface area contributed by atoms with Gasteiger partial charge in [0.1, 0.15) is 23.9 Å². The maximum absolute atomic E-state index is 12.6. The summed E-state index contributed by atoms with van der Waals surface area (Å²) >= 11 is 0. The lowest BCUT2D eigenvalue weighted by Gasteiger charge is -2.13. The van der Waals surface area contributed by atoms with Gasteiger partial charge < -0.3 is 19.6 Å². The lowest BCUT2D eigenvalue weighted by Crippen LogP contribution is -2.13. The summed E-state index contributed by atoms with van der Waals surface area (Å²) in [5.74, 6) is 1.60. The van der Waals surface area contributed by atoms with Crippen LogP contribution < -0.4 is 10.1 Å². The predicted octanol–water partition coefficient (Wildman–Crippen LogP) is 4.87. The minimum Gasteiger partial charge on any atom is -0.491 e. The zero-order valence-electron chi connectivity index (χ0n) is 15.4. The lowest BCUT2D eigenvalue weighted by atomic mass is 10.1. The van der Waals surface area contributed by atoms with Crippen molar-refractivity contribution in [3.05, 3.63) is 72.0 Å². The number of nitrogens with one attached hydrogen (secondary N) is 1. The Kier molecular flexibility index (Phi) is 5.94. The molecule has 0 unspecified atom stereocenters. The number of amides is 1. The highest BCUT2D eigenvalue weighted by atomic mass is 16.5. The normalized spacial score (nSPS) is 11.8. The highest BCUT2D eigenvalue weighted by Crippen LogP contribution is 2.25. The predicted molar refractivity (Wildman–Crippen MR) is 105 cm³/mol. The fourth-order valence-corrected chi connectivity index (χ4v) is 2.60. The van der Waals surface area contributed by atoms with Crippen LogP contribution in [0.1, 0.15) is 36.4 Å². The molecule has 0 saturated heterocycles. The van der Waals surface area contributed by atoms with Crippen LogP contribution in [0, 0.1) is 0 Å². The van der Waals surface area contributed by atoms with E-state index >= 15 is 0 Å². The minimum atomic E-state index is -0.211. The van der Waals surface area contributed by atoms with Crippen LogP contribution in [0.25, 0.3) is 11.3 Å². The van der Waals surface area contributed by atoms with Gasteiger partial charge in [-0.2, -0.15) is 0 Å². The smallest absolute Gasteiger partial charge is 0.255 e. The number of hydrogen-bond acceptors (Lipinski definition) is 4. The Bertz CT molecular complexity index is 916. The van der Waals surface area contributed by atoms with Crippen molar-refractivity contribution in [2.24, 2.45) is 0 Å². The molecule has 0 saturated carbocycles. The van der Waals surface area contributed by atoms with Crippen molar-refractivity contribution in [3.63, 3.8) is 0 Å². The van der Waals surface area contributed by atoms with Crippen molar-refractivity contribution < 1.29 is 19.1 Å². The van der Waals surface area contributed by atoms with E-state index < -0.39 is 0 Å². The van der Waals surface area contributed by atoms with Crippen LogP contribution >= 0.6 is 0 Å². The fourth-order valence-electron chi connectivity index (χ4n) is 2.60. The quantitative estimate of drug-likeness (QED) is 0.627. The van der Waals surface area contributed by atoms with Crippen molar-refractivity contribution in [3.8, 4) is 17.1 Å². The average molecular weight is 365 g/mol. The molecule has 1 atom stereocenters. The van der Waals surface area contributed by atoms with E-state index in [4.69, 9.17) is 14.3 Å². The maximum Gasteiger partial charge on any atom is 0.255 e. The largest absolute Gasteiger partial charge is 0.491 e. The molecule has 0 spiro atoms. The van der Waals surface area contributed by atoms with Gasteiger partial charge in [-0.3, -0.25) is 4.79 Å². The van der Waals surface area contributed by atoms with Crippen molar-refractivity contribution >= 4 is 11.6 Å². The standard InChI is InChI=1S/C22H23NO4/c1-3-15(2)26-19-9-5-7-17(13-19)22(25)23-18-8-4-6-16(12-18)21-11-10-20(14-24)27-21/h4-13,15,24H,3,14H2,1-2H3,(H,23,25)/t15-/m1/s1. The van der Waals surface area contributed by atoms with Crippen LogP contribution in [-0.2, 0) is 6.61 Å². The molecule has 3 rings (SSSR count). The summed E-state index contributed by atoms with van der Waals surface area (Å²) in [4.78, 5) is 12.6. The molecule has 1 aromatic heterocycles. The Morgan fingerprint density at radius 2 is 1.96 bits per heavy atom. The van der Waals surface area contributed by atoms with Crippen molar-refractivity contribution in [1.82, 2.24) is 0 Å². The third-order valence-corrected chi connectivity index (χ3v) is 4.23. The van der Waals surface area contributed by atoms with Gasteiger partial charge in [0, 0.05) is 16.8 Å². The molecule has 0 bridgehead atoms. The van der Waals surface area contributed by atoms with E-state index in [0.29, 0.717) is 28.5 Å². The molecule has 0 aliphatic rings. The van der Waals surface area contributed by atoms with Gasteiger partial charge in [0.15, 0.2) is 0 Å². The van der Waals surface area contributed by atoms with Crippen molar-refractivity contribution in [2.75, 3.05) is 5.32 Å². The van der Waals surface area contributed by atoms with Gasteiger partial charge in [-0.05, 0) is 55.8 Å². The van der Waals surface area contributed by atoms with E-state index in [2.05, 4.69) is 12.2 Å². The number of benzene rings is 2. The molecule has 0 aliphatic carbocycles. The molecule has 0 radical (unpaired) electrons. The second-order valence-corrected chi connectivity index (χ2v) is 6.32. The van der Waals surface area contributed by atoms with E-state index in [1.54, 1.807) is 24.3 Å². The first kappa shape index (κ1) is 18.7. The topological polar surface area (TPSA) is 71.7 Å². The first-order valence-corrected chi connectivity index (χ1v) is 8.97. The first-order valence-electron chi connectivity index (χ1n) is 8.97. The zero-order chi connectivity index (χ0) is 19.2. The summed E-state index contributed by atoms with van der Waals surface area (Å²) in [5, 5.41) is 12.0. The van der Waals surface area contributed by atoms with E-state index in [1.165, 1.54) is 0 Å². The van der Waals surface area contributed by atoms with Crippen LogP contribution in [-0.4, -0.2) is 17.1 Å². The molecule has 2 N–H and O–H groups in total. The number of anilines is 1. The Balaban J connectivity index is 1.74. The lowest BCUT2D eigenvalue weighted by molar-refractivity contribution is 0.102. The molecular formula is C22H23NO4. The first-order chi connectivity index (χ1) is 13.1. The van der Waals surface area contributed by atoms with Crippen LogP contribution in [0.4, 0.5) is 5.69 Å². The van der Waals surface area contributed by atoms with Gasteiger partial charge in [0.2, 0.25) is 0 Å². The number of furan rings is 1. The molecule has 0 fully saturated rings. The summed E-state index contributed by atoms with van der Waals surface area (Å²) in [6, 6.07) is 18.0. The van der Waals surface area contributed by atoms with E-state index in [9.17, 15) is 4.79 Å². The van der Waals surface area contributed by atoms with E-state index in [-0.39, 0.29) is 18.6 Å². The minimum absolute atomic E-state index is 0.0945.